The molecule has 0 aliphatic carbocycles. The molecule has 32 heavy (non-hydrogen) atoms. The molecule has 0 bridgehead atoms. The predicted molar refractivity (Wildman–Crippen MR) is 117 cm³/mol. The standard InChI is InChI=1S/C23H21N3O5S/c1-32(28,29)22-12-11-19(15-24-22)30-21-13-20(31-26-21)17-7-9-18(10-8-17)23(27)25-14-16-5-3-2-4-6-16/h2-13,15,20,26H,14H2,1H3,(H,25,27)/t20-/m1/s1. The van der Waals surface area contributed by atoms with E-state index in [4.69, 9.17) is 9.57 Å². The molecule has 0 saturated heterocycles. The highest BCUT2D eigenvalue weighted by Gasteiger charge is 2.20. The minimum Gasteiger partial charge on any atom is -0.438 e. The normalized spacial score (nSPS) is 15.5. The molecular weight excluding hydrogens is 430 g/mol. The van der Waals surface area contributed by atoms with Crippen molar-refractivity contribution in [2.24, 2.45) is 0 Å². The highest BCUT2D eigenvalue weighted by molar-refractivity contribution is 7.90. The van der Waals surface area contributed by atoms with Gasteiger partial charge < -0.3 is 10.1 Å². The molecule has 9 heteroatoms. The molecule has 1 amide bonds. The lowest BCUT2D eigenvalue weighted by atomic mass is 10.1. The van der Waals surface area contributed by atoms with Crippen molar-refractivity contribution in [1.82, 2.24) is 15.8 Å². The van der Waals surface area contributed by atoms with Crippen molar-refractivity contribution in [2.75, 3.05) is 6.26 Å². The van der Waals surface area contributed by atoms with Gasteiger partial charge in [0, 0.05) is 24.4 Å². The van der Waals surface area contributed by atoms with Gasteiger partial charge in [-0.15, -0.1) is 0 Å². The molecule has 2 N–H and O–H groups in total. The average molecular weight is 452 g/mol. The second-order valence-electron chi connectivity index (χ2n) is 7.17. The third kappa shape index (κ3) is 5.32. The Morgan fingerprint density at radius 1 is 1.09 bits per heavy atom. The average Bonchev–Trinajstić information content (AvgIpc) is 3.26. The van der Waals surface area contributed by atoms with E-state index in [9.17, 15) is 13.2 Å². The fourth-order valence-electron chi connectivity index (χ4n) is 3.02. The molecular formula is C23H21N3O5S. The monoisotopic (exact) mass is 451 g/mol. The van der Waals surface area contributed by atoms with Crippen molar-refractivity contribution in [3.63, 3.8) is 0 Å². The van der Waals surface area contributed by atoms with Gasteiger partial charge in [0.2, 0.25) is 5.88 Å². The van der Waals surface area contributed by atoms with Crippen molar-refractivity contribution < 1.29 is 22.8 Å². The third-order valence-corrected chi connectivity index (χ3v) is 5.70. The number of ether oxygens (including phenoxy) is 1. The fourth-order valence-corrected chi connectivity index (χ4v) is 3.58. The second kappa shape index (κ2) is 9.21. The van der Waals surface area contributed by atoms with E-state index >= 15 is 0 Å². The Balaban J connectivity index is 1.35. The molecule has 2 heterocycles. The number of sulfone groups is 1. The van der Waals surface area contributed by atoms with Gasteiger partial charge in [-0.3, -0.25) is 9.63 Å². The molecule has 164 valence electrons. The summed E-state index contributed by atoms with van der Waals surface area (Å²) in [5, 5.41) is 2.87. The van der Waals surface area contributed by atoms with E-state index in [-0.39, 0.29) is 10.9 Å². The Hall–Kier alpha value is -3.69. The van der Waals surface area contributed by atoms with Gasteiger partial charge in [0.15, 0.2) is 14.9 Å². The van der Waals surface area contributed by atoms with Crippen LogP contribution in [0.2, 0.25) is 0 Å². The molecule has 8 nitrogen and oxygen atoms in total. The number of hydrogen-bond donors (Lipinski definition) is 2. The van der Waals surface area contributed by atoms with E-state index in [1.165, 1.54) is 18.3 Å². The number of nitrogens with zero attached hydrogens (tertiary/aromatic N) is 1. The van der Waals surface area contributed by atoms with Gasteiger partial charge in [-0.1, -0.05) is 42.5 Å². The van der Waals surface area contributed by atoms with Crippen LogP contribution in [0.25, 0.3) is 0 Å². The van der Waals surface area contributed by atoms with Gasteiger partial charge in [-0.05, 0) is 35.4 Å². The molecule has 0 saturated carbocycles. The number of hydrogen-bond acceptors (Lipinski definition) is 7. The lowest BCUT2D eigenvalue weighted by molar-refractivity contribution is 0.0273. The predicted octanol–water partition coefficient (Wildman–Crippen LogP) is 2.91. The summed E-state index contributed by atoms with van der Waals surface area (Å²) < 4.78 is 28.6. The van der Waals surface area contributed by atoms with Crippen LogP contribution in [0.3, 0.4) is 0 Å². The van der Waals surface area contributed by atoms with Crippen molar-refractivity contribution in [1.29, 1.82) is 0 Å². The summed E-state index contributed by atoms with van der Waals surface area (Å²) in [6.07, 6.45) is 3.74. The van der Waals surface area contributed by atoms with E-state index in [0.717, 1.165) is 17.4 Å². The van der Waals surface area contributed by atoms with Gasteiger partial charge in [0.05, 0.1) is 6.20 Å². The number of hydroxylamine groups is 1. The van der Waals surface area contributed by atoms with Crippen LogP contribution in [0.5, 0.6) is 5.75 Å². The topological polar surface area (TPSA) is 107 Å². The summed E-state index contributed by atoms with van der Waals surface area (Å²) in [7, 11) is -3.37. The summed E-state index contributed by atoms with van der Waals surface area (Å²) in [4.78, 5) is 21.8. The summed E-state index contributed by atoms with van der Waals surface area (Å²) >= 11 is 0. The van der Waals surface area contributed by atoms with Gasteiger partial charge in [0.1, 0.15) is 11.9 Å². The zero-order valence-corrected chi connectivity index (χ0v) is 18.0. The number of amides is 1. The minimum atomic E-state index is -3.37. The zero-order valence-electron chi connectivity index (χ0n) is 17.2. The van der Waals surface area contributed by atoms with Crippen LogP contribution in [0.15, 0.2) is 89.9 Å². The third-order valence-electron chi connectivity index (χ3n) is 4.70. The number of carbonyl (C=O) groups is 1. The van der Waals surface area contributed by atoms with Crippen molar-refractivity contribution in [3.8, 4) is 5.75 Å². The molecule has 1 atom stereocenters. The Kier molecular flexibility index (Phi) is 6.20. The Morgan fingerprint density at radius 2 is 1.84 bits per heavy atom. The van der Waals surface area contributed by atoms with Gasteiger partial charge in [-0.25, -0.2) is 18.9 Å². The van der Waals surface area contributed by atoms with E-state index in [1.807, 2.05) is 42.5 Å². The van der Waals surface area contributed by atoms with E-state index in [0.29, 0.717) is 23.7 Å². The quantitative estimate of drug-likeness (QED) is 0.569. The number of pyridine rings is 1. The first-order valence-corrected chi connectivity index (χ1v) is 11.7. The van der Waals surface area contributed by atoms with Crippen LogP contribution < -0.4 is 15.5 Å². The molecule has 0 spiro atoms. The van der Waals surface area contributed by atoms with Crippen LogP contribution in [-0.4, -0.2) is 25.6 Å². The number of carbonyl (C=O) groups excluding carboxylic acids is 1. The van der Waals surface area contributed by atoms with Gasteiger partial charge >= 0.3 is 0 Å². The van der Waals surface area contributed by atoms with Crippen LogP contribution >= 0.6 is 0 Å². The number of rotatable bonds is 7. The van der Waals surface area contributed by atoms with E-state index in [1.54, 1.807) is 18.2 Å². The van der Waals surface area contributed by atoms with Crippen LogP contribution in [0.4, 0.5) is 0 Å². The van der Waals surface area contributed by atoms with Gasteiger partial charge in [-0.2, -0.15) is 0 Å². The molecule has 0 fully saturated rings. The minimum absolute atomic E-state index is 0.0276. The number of aromatic nitrogens is 1. The highest BCUT2D eigenvalue weighted by atomic mass is 32.2. The number of nitrogens with one attached hydrogen (secondary N) is 2. The summed E-state index contributed by atoms with van der Waals surface area (Å²) in [5.41, 5.74) is 5.10. The first-order chi connectivity index (χ1) is 15.4. The SMILES string of the molecule is CS(=O)(=O)c1ccc(OC2=C[C@H](c3ccc(C(=O)NCc4ccccc4)cc3)ON2)cn1. The maximum absolute atomic E-state index is 12.4. The molecule has 3 aromatic rings. The summed E-state index contributed by atoms with van der Waals surface area (Å²) in [6.45, 7) is 0.459. The number of benzene rings is 2. The Labute approximate surface area is 185 Å². The molecule has 1 aliphatic rings. The molecule has 0 unspecified atom stereocenters. The van der Waals surface area contributed by atoms with Crippen LogP contribution in [-0.2, 0) is 21.2 Å². The van der Waals surface area contributed by atoms with Gasteiger partial charge in [0.25, 0.3) is 5.91 Å². The maximum atomic E-state index is 12.4. The van der Waals surface area contributed by atoms with Crippen molar-refractivity contribution in [3.05, 3.63) is 102 Å². The largest absolute Gasteiger partial charge is 0.438 e. The summed E-state index contributed by atoms with van der Waals surface area (Å²) in [5.74, 6) is 0.565. The lowest BCUT2D eigenvalue weighted by Gasteiger charge is -2.09. The smallest absolute Gasteiger partial charge is 0.251 e. The molecule has 1 aliphatic heterocycles. The Morgan fingerprint density at radius 3 is 2.50 bits per heavy atom. The first kappa shape index (κ1) is 21.5. The van der Waals surface area contributed by atoms with Crippen molar-refractivity contribution >= 4 is 15.7 Å². The zero-order chi connectivity index (χ0) is 22.6. The fraction of sp³-hybridized carbons (Fsp3) is 0.130. The first-order valence-electron chi connectivity index (χ1n) is 9.78. The van der Waals surface area contributed by atoms with Crippen LogP contribution in [0, 0.1) is 0 Å². The molecule has 2 aromatic carbocycles. The molecule has 4 rings (SSSR count). The van der Waals surface area contributed by atoms with Crippen molar-refractivity contribution in [2.45, 2.75) is 17.7 Å². The molecule has 1 aromatic heterocycles. The highest BCUT2D eigenvalue weighted by Crippen LogP contribution is 2.26. The second-order valence-corrected chi connectivity index (χ2v) is 9.13. The van der Waals surface area contributed by atoms with E-state index < -0.39 is 15.9 Å². The maximum Gasteiger partial charge on any atom is 0.251 e. The van der Waals surface area contributed by atoms with Crippen LogP contribution in [0.1, 0.15) is 27.6 Å². The molecule has 0 radical (unpaired) electrons. The Bertz CT molecular complexity index is 1220. The summed E-state index contributed by atoms with van der Waals surface area (Å²) in [6, 6.07) is 19.7. The van der Waals surface area contributed by atoms with E-state index in [2.05, 4.69) is 15.8 Å². The lowest BCUT2D eigenvalue weighted by Crippen LogP contribution is -2.22.